The fourth-order valence-electron chi connectivity index (χ4n) is 4.73. The van der Waals surface area contributed by atoms with E-state index < -0.39 is 23.8 Å². The Bertz CT molecular complexity index is 1260. The van der Waals surface area contributed by atoms with Crippen molar-refractivity contribution in [2.75, 3.05) is 13.2 Å². The maximum atomic E-state index is 12.7. The first-order valence-corrected chi connectivity index (χ1v) is 13.3. The van der Waals surface area contributed by atoms with E-state index in [-0.39, 0.29) is 25.2 Å². The van der Waals surface area contributed by atoms with Crippen LogP contribution in [0.4, 0.5) is 13.2 Å². The number of aryl methyl sites for hydroxylation is 2. The Labute approximate surface area is 231 Å². The molecule has 7 nitrogen and oxygen atoms in total. The largest absolute Gasteiger partial charge is 0.479 e. The minimum Gasteiger partial charge on any atom is -0.479 e. The lowest BCUT2D eigenvalue weighted by Crippen LogP contribution is -2.33. The van der Waals surface area contributed by atoms with Crippen molar-refractivity contribution in [3.8, 4) is 11.5 Å². The molecule has 1 heterocycles. The third kappa shape index (κ3) is 8.39. The van der Waals surface area contributed by atoms with Crippen molar-refractivity contribution in [3.05, 3.63) is 76.7 Å². The van der Waals surface area contributed by atoms with E-state index in [1.165, 1.54) is 12.1 Å². The molecule has 0 aliphatic heterocycles. The number of hydrogen-bond acceptors (Lipinski definition) is 6. The molecule has 1 aliphatic carbocycles. The van der Waals surface area contributed by atoms with Crippen LogP contribution in [0.3, 0.4) is 0 Å². The number of rotatable bonds is 12. The Hall–Kier alpha value is -3.21. The van der Waals surface area contributed by atoms with Crippen LogP contribution in [0.5, 0.6) is 0 Å². The van der Waals surface area contributed by atoms with Crippen molar-refractivity contribution >= 4 is 5.97 Å². The Morgan fingerprint density at radius 3 is 2.60 bits per heavy atom. The second-order valence-electron chi connectivity index (χ2n) is 10.2. The van der Waals surface area contributed by atoms with Crippen LogP contribution in [0.2, 0.25) is 0 Å². The van der Waals surface area contributed by atoms with Gasteiger partial charge in [0.2, 0.25) is 5.89 Å². The number of carbonyl (C=O) groups is 1. The van der Waals surface area contributed by atoms with E-state index in [4.69, 9.17) is 18.6 Å². The molecule has 1 unspecified atom stereocenters. The van der Waals surface area contributed by atoms with Gasteiger partial charge in [0.15, 0.2) is 6.10 Å². The summed E-state index contributed by atoms with van der Waals surface area (Å²) in [4.78, 5) is 16.3. The van der Waals surface area contributed by atoms with Gasteiger partial charge >= 0.3 is 12.1 Å². The van der Waals surface area contributed by atoms with E-state index in [1.807, 2.05) is 38.1 Å². The van der Waals surface area contributed by atoms with Crippen LogP contribution in [0.15, 0.2) is 52.9 Å². The number of nitrogens with zero attached hydrogens (tertiary/aromatic N) is 1. The predicted octanol–water partition coefficient (Wildman–Crippen LogP) is 6.74. The molecular formula is C30H34F3NO6. The molecule has 3 atom stereocenters. The topological polar surface area (TPSA) is 91.0 Å². The van der Waals surface area contributed by atoms with E-state index >= 15 is 0 Å². The molecule has 4 rings (SSSR count). The Balaban J connectivity index is 1.21. The number of hydrogen-bond donors (Lipinski definition) is 1. The maximum Gasteiger partial charge on any atom is 0.416 e. The molecule has 0 saturated heterocycles. The molecule has 0 spiro atoms. The number of aromatic nitrogens is 1. The van der Waals surface area contributed by atoms with Gasteiger partial charge in [-0.3, -0.25) is 0 Å². The summed E-state index contributed by atoms with van der Waals surface area (Å²) in [5, 5.41) is 9.53. The third-order valence-electron chi connectivity index (χ3n) is 6.98. The zero-order valence-electron chi connectivity index (χ0n) is 22.6. The SMILES string of the molecule is Cc1cccc(-c2nc(COC[C@H]3CCC[C@@H](OCC(OCc4ccc(C(F)(F)F)cc4)C(=O)O)C3)c(C)o2)c1. The van der Waals surface area contributed by atoms with E-state index in [0.717, 1.165) is 60.4 Å². The van der Waals surface area contributed by atoms with Gasteiger partial charge < -0.3 is 23.7 Å². The van der Waals surface area contributed by atoms with Gasteiger partial charge in [0.05, 0.1) is 38.1 Å². The molecule has 1 aliphatic rings. The summed E-state index contributed by atoms with van der Waals surface area (Å²) < 4.78 is 61.4. The Kier molecular flexibility index (Phi) is 9.99. The van der Waals surface area contributed by atoms with Crippen LogP contribution in [-0.2, 0) is 38.4 Å². The number of halogens is 3. The van der Waals surface area contributed by atoms with Gasteiger partial charge in [-0.15, -0.1) is 0 Å². The zero-order valence-corrected chi connectivity index (χ0v) is 22.6. The van der Waals surface area contributed by atoms with E-state index in [2.05, 4.69) is 4.98 Å². The molecule has 1 N–H and O–H groups in total. The molecular weight excluding hydrogens is 527 g/mol. The molecule has 1 fully saturated rings. The second-order valence-corrected chi connectivity index (χ2v) is 10.2. The van der Waals surface area contributed by atoms with Crippen LogP contribution >= 0.6 is 0 Å². The van der Waals surface area contributed by atoms with Crippen LogP contribution in [-0.4, -0.2) is 41.5 Å². The minimum absolute atomic E-state index is 0.124. The van der Waals surface area contributed by atoms with Crippen LogP contribution in [0, 0.1) is 19.8 Å². The summed E-state index contributed by atoms with van der Waals surface area (Å²) in [6.45, 7) is 4.47. The van der Waals surface area contributed by atoms with Crippen LogP contribution < -0.4 is 0 Å². The molecule has 0 amide bonds. The van der Waals surface area contributed by atoms with Gasteiger partial charge in [0.25, 0.3) is 0 Å². The quantitative estimate of drug-likeness (QED) is 0.262. The predicted molar refractivity (Wildman–Crippen MR) is 140 cm³/mol. The minimum atomic E-state index is -4.43. The molecule has 1 aromatic heterocycles. The summed E-state index contributed by atoms with van der Waals surface area (Å²) in [5.41, 5.74) is 2.48. The normalized spacial score (nSPS) is 18.5. The molecule has 1 saturated carbocycles. The highest BCUT2D eigenvalue weighted by atomic mass is 19.4. The van der Waals surface area contributed by atoms with Gasteiger partial charge in [0, 0.05) is 5.56 Å². The Morgan fingerprint density at radius 2 is 1.90 bits per heavy atom. The molecule has 0 radical (unpaired) electrons. The van der Waals surface area contributed by atoms with Gasteiger partial charge in [-0.2, -0.15) is 13.2 Å². The van der Waals surface area contributed by atoms with Crippen LogP contribution in [0.1, 0.15) is 53.8 Å². The van der Waals surface area contributed by atoms with Gasteiger partial charge in [-0.05, 0) is 68.9 Å². The summed E-state index contributed by atoms with van der Waals surface area (Å²) >= 11 is 0. The number of benzene rings is 2. The maximum absolute atomic E-state index is 12.7. The average molecular weight is 562 g/mol. The molecule has 10 heteroatoms. The van der Waals surface area contributed by atoms with Gasteiger partial charge in [-0.1, -0.05) is 36.2 Å². The third-order valence-corrected chi connectivity index (χ3v) is 6.98. The first-order chi connectivity index (χ1) is 19.1. The van der Waals surface area contributed by atoms with Gasteiger partial charge in [-0.25, -0.2) is 9.78 Å². The van der Waals surface area contributed by atoms with Gasteiger partial charge in [0.1, 0.15) is 11.5 Å². The number of carboxylic acid groups (broad SMARTS) is 1. The van der Waals surface area contributed by atoms with Crippen molar-refractivity contribution in [2.24, 2.45) is 5.92 Å². The molecule has 40 heavy (non-hydrogen) atoms. The number of alkyl halides is 3. The fourth-order valence-corrected chi connectivity index (χ4v) is 4.73. The molecule has 2 aromatic carbocycles. The monoisotopic (exact) mass is 561 g/mol. The summed E-state index contributed by atoms with van der Waals surface area (Å²) in [6.07, 6.45) is -2.32. The van der Waals surface area contributed by atoms with E-state index in [1.54, 1.807) is 0 Å². The molecule has 0 bridgehead atoms. The highest BCUT2D eigenvalue weighted by Gasteiger charge is 2.30. The van der Waals surface area contributed by atoms with Crippen molar-refractivity contribution in [1.29, 1.82) is 0 Å². The first-order valence-electron chi connectivity index (χ1n) is 13.3. The lowest BCUT2D eigenvalue weighted by molar-refractivity contribution is -0.158. The van der Waals surface area contributed by atoms with E-state index in [9.17, 15) is 23.1 Å². The highest BCUT2D eigenvalue weighted by Crippen LogP contribution is 2.30. The average Bonchev–Trinajstić information content (AvgIpc) is 3.29. The first kappa shape index (κ1) is 29.8. The van der Waals surface area contributed by atoms with Crippen LogP contribution in [0.25, 0.3) is 11.5 Å². The summed E-state index contributed by atoms with van der Waals surface area (Å²) in [7, 11) is 0. The number of oxazole rings is 1. The van der Waals surface area contributed by atoms with Crippen molar-refractivity contribution in [2.45, 2.75) is 71.1 Å². The number of ether oxygens (including phenoxy) is 3. The van der Waals surface area contributed by atoms with Crippen molar-refractivity contribution in [3.63, 3.8) is 0 Å². The summed E-state index contributed by atoms with van der Waals surface area (Å²) in [6, 6.07) is 12.4. The smallest absolute Gasteiger partial charge is 0.416 e. The van der Waals surface area contributed by atoms with Crippen molar-refractivity contribution < 1.29 is 41.7 Å². The molecule has 3 aromatic rings. The number of aliphatic carboxylic acids is 1. The lowest BCUT2D eigenvalue weighted by atomic mass is 9.88. The van der Waals surface area contributed by atoms with E-state index in [0.29, 0.717) is 24.7 Å². The Morgan fingerprint density at radius 1 is 1.12 bits per heavy atom. The zero-order chi connectivity index (χ0) is 28.7. The molecule has 216 valence electrons. The highest BCUT2D eigenvalue weighted by molar-refractivity contribution is 5.72. The standard InChI is InChI=1S/C30H34F3NO6/c1-19-5-3-7-23(13-19)28-34-26(20(2)40-28)17-37-15-22-6-4-8-25(14-22)38-18-27(29(35)36)39-16-21-9-11-24(12-10-21)30(31,32)33/h3,5,7,9-13,22,25,27H,4,6,8,14-18H2,1-2H3,(H,35,36)/t22-,25+,27?/m0/s1. The fraction of sp³-hybridized carbons (Fsp3) is 0.467. The number of carboxylic acids is 1. The summed E-state index contributed by atoms with van der Waals surface area (Å²) in [5.74, 6) is 0.367. The second kappa shape index (κ2) is 13.4. The lowest BCUT2D eigenvalue weighted by Gasteiger charge is -2.29. The van der Waals surface area contributed by atoms with Crippen molar-refractivity contribution in [1.82, 2.24) is 4.98 Å².